The van der Waals surface area contributed by atoms with Crippen molar-refractivity contribution in [2.24, 2.45) is 13.0 Å². The van der Waals surface area contributed by atoms with Gasteiger partial charge in [-0.15, -0.1) is 0 Å². The number of Topliss-reactive ketones (excluding diaryl/α,β-unsaturated/α-hetero) is 1. The van der Waals surface area contributed by atoms with Crippen molar-refractivity contribution >= 4 is 48.6 Å². The fourth-order valence-corrected chi connectivity index (χ4v) is 4.50. The Morgan fingerprint density at radius 3 is 2.36 bits per heavy atom. The van der Waals surface area contributed by atoms with Gasteiger partial charge in [0.1, 0.15) is 0 Å². The van der Waals surface area contributed by atoms with Crippen LogP contribution < -0.4 is 5.32 Å². The summed E-state index contributed by atoms with van der Waals surface area (Å²) < 4.78 is 55.5. The molecule has 1 saturated heterocycles. The molecule has 244 valence electrons. The van der Waals surface area contributed by atoms with Crippen LogP contribution in [0.4, 0.5) is 11.6 Å². The number of anilines is 2. The van der Waals surface area contributed by atoms with Gasteiger partial charge >= 0.3 is 0 Å². The number of ketones is 1. The third-order valence-corrected chi connectivity index (χ3v) is 6.55. The summed E-state index contributed by atoms with van der Waals surface area (Å²) in [7, 11) is -5.37. The molecule has 3 aromatic heterocycles. The number of aromatic nitrogens is 5. The first-order valence-corrected chi connectivity index (χ1v) is 17.3. The highest BCUT2D eigenvalue weighted by atomic mass is 32.2. The minimum atomic E-state index is -3.67. The van der Waals surface area contributed by atoms with Gasteiger partial charge in [-0.05, 0) is 38.0 Å². The lowest BCUT2D eigenvalue weighted by Crippen LogP contribution is -2.20. The number of hydroxylamine groups is 2. The maximum atomic E-state index is 12.8. The lowest BCUT2D eigenvalue weighted by Gasteiger charge is -2.12. The quantitative estimate of drug-likeness (QED) is 0.164. The molecule has 2 aliphatic rings. The molecular formula is C27H35N7O9S2. The fraction of sp³-hybridized carbons (Fsp3) is 0.407. The monoisotopic (exact) mass is 665 g/mol. The Labute approximate surface area is 260 Å². The van der Waals surface area contributed by atoms with Crippen LogP contribution in [-0.2, 0) is 38.7 Å². The van der Waals surface area contributed by atoms with E-state index in [0.29, 0.717) is 44.0 Å². The molecule has 4 heterocycles. The summed E-state index contributed by atoms with van der Waals surface area (Å²) in [6, 6.07) is 7.75. The first-order valence-electron chi connectivity index (χ1n) is 13.6. The van der Waals surface area contributed by atoms with E-state index in [2.05, 4.69) is 20.4 Å². The maximum absolute atomic E-state index is 12.8. The van der Waals surface area contributed by atoms with E-state index in [4.69, 9.17) is 13.9 Å². The van der Waals surface area contributed by atoms with Crippen LogP contribution in [0.3, 0.4) is 0 Å². The lowest BCUT2D eigenvalue weighted by atomic mass is 10.1. The summed E-state index contributed by atoms with van der Waals surface area (Å²) in [6.45, 7) is 3.28. The second kappa shape index (κ2) is 13.7. The number of hydrogen-bond donors (Lipinski definition) is 4. The van der Waals surface area contributed by atoms with Gasteiger partial charge in [-0.1, -0.05) is 0 Å². The molecule has 0 bridgehead atoms. The van der Waals surface area contributed by atoms with E-state index in [-0.39, 0.29) is 11.7 Å². The second-order valence-corrected chi connectivity index (χ2v) is 13.7. The van der Waals surface area contributed by atoms with Crippen LogP contribution in [0.25, 0.3) is 16.7 Å². The molecule has 1 aliphatic carbocycles. The molecule has 4 N–H and O–H groups in total. The Balaban J connectivity index is 0.000000403. The topological polar surface area (TPSA) is 219 Å². The van der Waals surface area contributed by atoms with Crippen LogP contribution in [0.2, 0.25) is 0 Å². The summed E-state index contributed by atoms with van der Waals surface area (Å²) in [5, 5.41) is 20.2. The Hall–Kier alpha value is -3.78. The summed E-state index contributed by atoms with van der Waals surface area (Å²) in [4.78, 5) is 27.3. The number of hydrogen-bond acceptors (Lipinski definition) is 12. The number of carbonyl (C=O) groups is 1. The molecule has 1 aliphatic heterocycles. The van der Waals surface area contributed by atoms with Crippen molar-refractivity contribution in [3.63, 3.8) is 0 Å². The van der Waals surface area contributed by atoms with Crippen molar-refractivity contribution in [1.29, 1.82) is 0 Å². The van der Waals surface area contributed by atoms with Crippen LogP contribution in [0.5, 0.6) is 0 Å². The molecule has 18 heteroatoms. The molecule has 0 spiro atoms. The van der Waals surface area contributed by atoms with Gasteiger partial charge in [0.2, 0.25) is 5.95 Å². The van der Waals surface area contributed by atoms with Crippen LogP contribution in [-0.4, -0.2) is 98.0 Å². The number of benzene rings is 1. The first kappa shape index (κ1) is 34.1. The molecule has 0 radical (unpaired) electrons. The first-order chi connectivity index (χ1) is 20.9. The van der Waals surface area contributed by atoms with E-state index in [0.717, 1.165) is 46.3 Å². The number of fused-ring (bicyclic) bond motifs is 1. The van der Waals surface area contributed by atoms with E-state index >= 15 is 0 Å². The van der Waals surface area contributed by atoms with Crippen molar-refractivity contribution in [2.75, 3.05) is 31.0 Å². The number of aliphatic hydroxyl groups is 1. The van der Waals surface area contributed by atoms with Crippen LogP contribution in [0.1, 0.15) is 34.5 Å². The summed E-state index contributed by atoms with van der Waals surface area (Å²) >= 11 is 0. The van der Waals surface area contributed by atoms with Crippen LogP contribution in [0.15, 0.2) is 42.9 Å². The van der Waals surface area contributed by atoms with Gasteiger partial charge in [-0.3, -0.25) is 18.7 Å². The van der Waals surface area contributed by atoms with Crippen molar-refractivity contribution < 1.29 is 40.7 Å². The number of nitrogens with zero attached hydrogens (tertiary/aromatic N) is 6. The highest BCUT2D eigenvalue weighted by Crippen LogP contribution is 2.36. The van der Waals surface area contributed by atoms with E-state index in [9.17, 15) is 26.7 Å². The molecule has 45 heavy (non-hydrogen) atoms. The highest BCUT2D eigenvalue weighted by Gasteiger charge is 2.32. The van der Waals surface area contributed by atoms with E-state index in [1.807, 2.05) is 49.1 Å². The standard InChI is InChI=1S/C25H27N7O3.2CH4O3S/c1-15-17(10-31-12-19(33)14-35-31)11-32(29-15)23-7-8-26-25(28-23)27-18-5-6-22-20(9-18)21(13-30(22)2)24(34)16-3-4-16;2*1-5(2,3)4/h5-9,11,13,16,19,33H,3-4,10,12,14H2,1-2H3,(H,26,27,28);2*1H3,(H,2,3,4). The summed E-state index contributed by atoms with van der Waals surface area (Å²) in [6.07, 6.45) is 8.47. The van der Waals surface area contributed by atoms with E-state index in [1.165, 1.54) is 0 Å². The minimum Gasteiger partial charge on any atom is -0.389 e. The Bertz CT molecular complexity index is 1860. The van der Waals surface area contributed by atoms with Crippen LogP contribution in [0, 0.1) is 12.8 Å². The molecule has 4 aromatic rings. The number of carbonyl (C=O) groups excluding carboxylic acids is 1. The summed E-state index contributed by atoms with van der Waals surface area (Å²) in [5.74, 6) is 1.46. The van der Waals surface area contributed by atoms with Gasteiger partial charge in [0.25, 0.3) is 20.2 Å². The predicted octanol–water partition coefficient (Wildman–Crippen LogP) is 1.91. The van der Waals surface area contributed by atoms with Crippen molar-refractivity contribution in [2.45, 2.75) is 32.4 Å². The van der Waals surface area contributed by atoms with Gasteiger partial charge < -0.3 is 15.0 Å². The van der Waals surface area contributed by atoms with Gasteiger partial charge in [-0.25, -0.2) is 9.67 Å². The number of aryl methyl sites for hydroxylation is 2. The third kappa shape index (κ3) is 10.4. The summed E-state index contributed by atoms with van der Waals surface area (Å²) in [5.41, 5.74) is 4.47. The van der Waals surface area contributed by atoms with Gasteiger partial charge in [0.15, 0.2) is 11.6 Å². The Kier molecular flexibility index (Phi) is 10.4. The Morgan fingerprint density at radius 1 is 1.09 bits per heavy atom. The molecule has 1 atom stereocenters. The molecule has 1 unspecified atom stereocenters. The average molecular weight is 666 g/mol. The Morgan fingerprint density at radius 2 is 1.76 bits per heavy atom. The minimum absolute atomic E-state index is 0.168. The molecule has 1 saturated carbocycles. The molecule has 0 amide bonds. The normalized spacial score (nSPS) is 16.9. The molecule has 6 rings (SSSR count). The maximum Gasteiger partial charge on any atom is 0.261 e. The van der Waals surface area contributed by atoms with Gasteiger partial charge in [-0.2, -0.15) is 32.0 Å². The second-order valence-electron chi connectivity index (χ2n) is 10.8. The number of nitrogens with one attached hydrogen (secondary N) is 1. The van der Waals surface area contributed by atoms with Gasteiger partial charge in [0.05, 0.1) is 44.0 Å². The van der Waals surface area contributed by atoms with E-state index in [1.54, 1.807) is 22.0 Å². The lowest BCUT2D eigenvalue weighted by molar-refractivity contribution is -0.118. The zero-order valence-electron chi connectivity index (χ0n) is 25.0. The third-order valence-electron chi connectivity index (χ3n) is 6.55. The molecule has 2 fully saturated rings. The number of β-amino-alcohol motifs (C(OH)–C–C–N with tert-alkyl or cyclic N) is 1. The smallest absolute Gasteiger partial charge is 0.261 e. The zero-order valence-corrected chi connectivity index (χ0v) is 26.7. The SMILES string of the molecule is CS(=O)(=O)O.CS(=O)(=O)O.Cc1nn(-c2ccnc(Nc3ccc4c(c3)c(C(=O)C3CC3)cn4C)n2)cc1CN1CC(O)CO1. The number of rotatable bonds is 7. The molecule has 1 aromatic carbocycles. The molecular weight excluding hydrogens is 630 g/mol. The number of aliphatic hydroxyl groups excluding tert-OH is 1. The van der Waals surface area contributed by atoms with E-state index < -0.39 is 26.3 Å². The zero-order chi connectivity index (χ0) is 33.1. The molecule has 16 nitrogen and oxygen atoms in total. The van der Waals surface area contributed by atoms with Gasteiger partial charge in [0, 0.05) is 65.3 Å². The largest absolute Gasteiger partial charge is 0.389 e. The van der Waals surface area contributed by atoms with Crippen molar-refractivity contribution in [3.8, 4) is 5.82 Å². The average Bonchev–Trinajstić information content (AvgIpc) is 3.49. The highest BCUT2D eigenvalue weighted by molar-refractivity contribution is 7.85. The van der Waals surface area contributed by atoms with Crippen LogP contribution >= 0.6 is 0 Å². The van der Waals surface area contributed by atoms with Crippen molar-refractivity contribution in [3.05, 3.63) is 59.7 Å². The predicted molar refractivity (Wildman–Crippen MR) is 164 cm³/mol. The fourth-order valence-electron chi connectivity index (χ4n) is 4.50. The van der Waals surface area contributed by atoms with Crippen molar-refractivity contribution in [1.82, 2.24) is 29.4 Å².